The molecule has 9 heteroatoms. The Morgan fingerprint density at radius 1 is 1.21 bits per heavy atom. The van der Waals surface area contributed by atoms with Gasteiger partial charge in [-0.3, -0.25) is 9.10 Å². The number of rotatable bonds is 9. The first-order valence-electron chi connectivity index (χ1n) is 9.66. The third-order valence-electron chi connectivity index (χ3n) is 4.96. The van der Waals surface area contributed by atoms with Crippen molar-refractivity contribution in [2.24, 2.45) is 0 Å². The molecule has 1 N–H and O–H groups in total. The highest BCUT2D eigenvalue weighted by molar-refractivity contribution is 7.92. The van der Waals surface area contributed by atoms with E-state index in [1.807, 2.05) is 0 Å². The second-order valence-electron chi connectivity index (χ2n) is 7.25. The molecule has 0 aliphatic carbocycles. The quantitative estimate of drug-likeness (QED) is 0.613. The van der Waals surface area contributed by atoms with Gasteiger partial charge in [-0.1, -0.05) is 6.92 Å². The standard InChI is InChI=1S/C19H31FN4O3S/c1-4-18(24(28(3,26)27)17-8-6-16(20)7-9-17)19(25)21-10-5-11-23-14-12-22(2)13-15-23/h6-9,18H,4-5,10-15H2,1-3H3,(H,21,25). The number of piperazine rings is 1. The van der Waals surface area contributed by atoms with Gasteiger partial charge in [0.05, 0.1) is 11.9 Å². The molecule has 1 heterocycles. The van der Waals surface area contributed by atoms with Crippen LogP contribution in [0.1, 0.15) is 19.8 Å². The first-order chi connectivity index (χ1) is 13.2. The van der Waals surface area contributed by atoms with Crippen molar-refractivity contribution in [3.05, 3.63) is 30.1 Å². The molecule has 1 amide bonds. The Morgan fingerprint density at radius 2 is 1.82 bits per heavy atom. The number of nitrogens with one attached hydrogen (secondary N) is 1. The molecule has 0 aromatic heterocycles. The zero-order valence-corrected chi connectivity index (χ0v) is 17.7. The number of carbonyl (C=O) groups is 1. The molecule has 1 saturated heterocycles. The van der Waals surface area contributed by atoms with Crippen molar-refractivity contribution < 1.29 is 17.6 Å². The highest BCUT2D eigenvalue weighted by Gasteiger charge is 2.31. The summed E-state index contributed by atoms with van der Waals surface area (Å²) < 4.78 is 38.9. The second kappa shape index (κ2) is 10.2. The van der Waals surface area contributed by atoms with Crippen LogP contribution in [-0.4, -0.2) is 82.7 Å². The molecular formula is C19H31FN4O3S. The molecule has 7 nitrogen and oxygen atoms in total. The minimum Gasteiger partial charge on any atom is -0.354 e. The second-order valence-corrected chi connectivity index (χ2v) is 9.11. The van der Waals surface area contributed by atoms with Gasteiger partial charge in [-0.05, 0) is 50.7 Å². The van der Waals surface area contributed by atoms with E-state index in [0.717, 1.165) is 49.7 Å². The van der Waals surface area contributed by atoms with Crippen molar-refractivity contribution >= 4 is 21.6 Å². The van der Waals surface area contributed by atoms with Gasteiger partial charge in [0.2, 0.25) is 15.9 Å². The fraction of sp³-hybridized carbons (Fsp3) is 0.632. The number of likely N-dealkylation sites (N-methyl/N-ethyl adjacent to an activating group) is 1. The summed E-state index contributed by atoms with van der Waals surface area (Å²) in [6.45, 7) is 7.29. The van der Waals surface area contributed by atoms with E-state index in [2.05, 4.69) is 22.2 Å². The summed E-state index contributed by atoms with van der Waals surface area (Å²) in [7, 11) is -1.59. The highest BCUT2D eigenvalue weighted by Crippen LogP contribution is 2.22. The summed E-state index contributed by atoms with van der Waals surface area (Å²) >= 11 is 0. The zero-order chi connectivity index (χ0) is 20.7. The zero-order valence-electron chi connectivity index (χ0n) is 16.9. The molecule has 1 aliphatic rings. The number of hydrogen-bond acceptors (Lipinski definition) is 5. The fourth-order valence-electron chi connectivity index (χ4n) is 3.35. The van der Waals surface area contributed by atoms with Gasteiger partial charge >= 0.3 is 0 Å². The van der Waals surface area contributed by atoms with E-state index in [4.69, 9.17) is 0 Å². The van der Waals surface area contributed by atoms with Crippen molar-refractivity contribution in [2.75, 3.05) is 56.9 Å². The average Bonchev–Trinajstić information content (AvgIpc) is 2.64. The summed E-state index contributed by atoms with van der Waals surface area (Å²) in [6, 6.07) is 4.26. The molecule has 1 aliphatic heterocycles. The minimum atomic E-state index is -3.70. The number of carbonyl (C=O) groups excluding carboxylic acids is 1. The third kappa shape index (κ3) is 6.42. The maximum atomic E-state index is 13.2. The van der Waals surface area contributed by atoms with Crippen molar-refractivity contribution in [3.63, 3.8) is 0 Å². The number of anilines is 1. The molecule has 1 unspecified atom stereocenters. The van der Waals surface area contributed by atoms with Gasteiger partial charge in [0.1, 0.15) is 11.9 Å². The van der Waals surface area contributed by atoms with Crippen molar-refractivity contribution in [1.29, 1.82) is 0 Å². The molecule has 158 valence electrons. The maximum absolute atomic E-state index is 13.2. The third-order valence-corrected chi connectivity index (χ3v) is 6.14. The maximum Gasteiger partial charge on any atom is 0.243 e. The van der Waals surface area contributed by atoms with E-state index in [0.29, 0.717) is 13.0 Å². The van der Waals surface area contributed by atoms with Crippen molar-refractivity contribution in [3.8, 4) is 0 Å². The molecule has 28 heavy (non-hydrogen) atoms. The molecular weight excluding hydrogens is 383 g/mol. The van der Waals surface area contributed by atoms with Crippen LogP contribution in [0.25, 0.3) is 0 Å². The van der Waals surface area contributed by atoms with E-state index in [1.165, 1.54) is 24.3 Å². The van der Waals surface area contributed by atoms with Gasteiger partial charge in [0, 0.05) is 32.7 Å². The summed E-state index contributed by atoms with van der Waals surface area (Å²) in [6.07, 6.45) is 2.18. The van der Waals surface area contributed by atoms with Crippen LogP contribution in [0, 0.1) is 5.82 Å². The molecule has 1 fully saturated rings. The Labute approximate surface area is 167 Å². The van der Waals surface area contributed by atoms with Gasteiger partial charge < -0.3 is 15.1 Å². The summed E-state index contributed by atoms with van der Waals surface area (Å²) in [5, 5.41) is 2.86. The lowest BCUT2D eigenvalue weighted by molar-refractivity contribution is -0.122. The molecule has 1 aromatic carbocycles. The number of benzene rings is 1. The van der Waals surface area contributed by atoms with Gasteiger partial charge in [-0.25, -0.2) is 12.8 Å². The Bertz CT molecular complexity index is 734. The van der Waals surface area contributed by atoms with Crippen LogP contribution in [0.15, 0.2) is 24.3 Å². The van der Waals surface area contributed by atoms with E-state index in [9.17, 15) is 17.6 Å². The number of sulfonamides is 1. The summed E-state index contributed by atoms with van der Waals surface area (Å²) in [5.74, 6) is -0.797. The van der Waals surface area contributed by atoms with Gasteiger partial charge in [-0.15, -0.1) is 0 Å². The first kappa shape index (κ1) is 22.6. The number of halogens is 1. The van der Waals surface area contributed by atoms with Crippen LogP contribution in [0.5, 0.6) is 0 Å². The van der Waals surface area contributed by atoms with Gasteiger partial charge in [0.15, 0.2) is 0 Å². The topological polar surface area (TPSA) is 73.0 Å². The Morgan fingerprint density at radius 3 is 2.36 bits per heavy atom. The Balaban J connectivity index is 1.95. The molecule has 0 saturated carbocycles. The highest BCUT2D eigenvalue weighted by atomic mass is 32.2. The first-order valence-corrected chi connectivity index (χ1v) is 11.5. The fourth-order valence-corrected chi connectivity index (χ4v) is 4.56. The smallest absolute Gasteiger partial charge is 0.243 e. The number of amides is 1. The molecule has 0 radical (unpaired) electrons. The normalized spacial score (nSPS) is 17.3. The average molecular weight is 415 g/mol. The van der Waals surface area contributed by atoms with Crippen molar-refractivity contribution in [2.45, 2.75) is 25.8 Å². The lowest BCUT2D eigenvalue weighted by Crippen LogP contribution is -2.50. The molecule has 0 bridgehead atoms. The van der Waals surface area contributed by atoms with Gasteiger partial charge in [0.25, 0.3) is 0 Å². The van der Waals surface area contributed by atoms with Gasteiger partial charge in [-0.2, -0.15) is 0 Å². The number of nitrogens with zero attached hydrogens (tertiary/aromatic N) is 3. The van der Waals surface area contributed by atoms with Crippen LogP contribution >= 0.6 is 0 Å². The Hall–Kier alpha value is -1.71. The monoisotopic (exact) mass is 414 g/mol. The molecule has 1 atom stereocenters. The Kier molecular flexibility index (Phi) is 8.21. The predicted octanol–water partition coefficient (Wildman–Crippen LogP) is 1.12. The molecule has 1 aromatic rings. The predicted molar refractivity (Wildman–Crippen MR) is 109 cm³/mol. The van der Waals surface area contributed by atoms with E-state index in [1.54, 1.807) is 6.92 Å². The summed E-state index contributed by atoms with van der Waals surface area (Å²) in [4.78, 5) is 17.3. The van der Waals surface area contributed by atoms with E-state index < -0.39 is 21.9 Å². The van der Waals surface area contributed by atoms with Crippen LogP contribution in [0.4, 0.5) is 10.1 Å². The lowest BCUT2D eigenvalue weighted by atomic mass is 10.2. The molecule has 0 spiro atoms. The molecule has 2 rings (SSSR count). The number of hydrogen-bond donors (Lipinski definition) is 1. The SMILES string of the molecule is CCC(C(=O)NCCCN1CCN(C)CC1)N(c1ccc(F)cc1)S(C)(=O)=O. The van der Waals surface area contributed by atoms with E-state index >= 15 is 0 Å². The van der Waals surface area contributed by atoms with E-state index in [-0.39, 0.29) is 11.6 Å². The van der Waals surface area contributed by atoms with Crippen LogP contribution < -0.4 is 9.62 Å². The summed E-state index contributed by atoms with van der Waals surface area (Å²) in [5.41, 5.74) is 0.281. The van der Waals surface area contributed by atoms with Crippen LogP contribution in [-0.2, 0) is 14.8 Å². The van der Waals surface area contributed by atoms with Crippen molar-refractivity contribution in [1.82, 2.24) is 15.1 Å². The lowest BCUT2D eigenvalue weighted by Gasteiger charge is -2.32. The van der Waals surface area contributed by atoms with Crippen LogP contribution in [0.2, 0.25) is 0 Å². The van der Waals surface area contributed by atoms with Crippen LogP contribution in [0.3, 0.4) is 0 Å². The minimum absolute atomic E-state index is 0.281. The largest absolute Gasteiger partial charge is 0.354 e.